The van der Waals surface area contributed by atoms with Gasteiger partial charge in [-0.05, 0) is 44.0 Å². The Morgan fingerprint density at radius 2 is 1.77 bits per heavy atom. The first kappa shape index (κ1) is 16.6. The summed E-state index contributed by atoms with van der Waals surface area (Å²) < 4.78 is 5.89. The van der Waals surface area contributed by atoms with E-state index >= 15 is 0 Å². The van der Waals surface area contributed by atoms with Crippen LogP contribution in [0.3, 0.4) is 0 Å². The van der Waals surface area contributed by atoms with Gasteiger partial charge in [-0.2, -0.15) is 0 Å². The molecule has 0 aliphatic heterocycles. The van der Waals surface area contributed by atoms with Gasteiger partial charge in [-0.1, -0.05) is 36.6 Å². The molecule has 3 aromatic rings. The third kappa shape index (κ3) is 3.27. The minimum atomic E-state index is -0.0620. The number of aryl methyl sites for hydroxylation is 1. The largest absolute Gasteiger partial charge is 0.456 e. The molecule has 0 saturated heterocycles. The third-order valence-corrected chi connectivity index (χ3v) is 5.00. The summed E-state index contributed by atoms with van der Waals surface area (Å²) in [6.07, 6.45) is 4.49. The number of amides is 1. The van der Waals surface area contributed by atoms with Crippen molar-refractivity contribution in [2.24, 2.45) is 0 Å². The van der Waals surface area contributed by atoms with Crippen LogP contribution in [0, 0.1) is 6.92 Å². The van der Waals surface area contributed by atoms with Gasteiger partial charge in [0.25, 0.3) is 5.91 Å². The molecule has 1 aliphatic rings. The summed E-state index contributed by atoms with van der Waals surface area (Å²) in [6.45, 7) is 1.95. The summed E-state index contributed by atoms with van der Waals surface area (Å²) in [6, 6.07) is 14.6. The Balaban J connectivity index is 1.60. The molecular formula is C22H21NO3. The van der Waals surface area contributed by atoms with Crippen molar-refractivity contribution in [3.63, 3.8) is 0 Å². The molecule has 1 heterocycles. The van der Waals surface area contributed by atoms with Crippen LogP contribution in [0.1, 0.15) is 41.6 Å². The molecule has 1 N–H and O–H groups in total. The van der Waals surface area contributed by atoms with Gasteiger partial charge in [0, 0.05) is 23.2 Å². The van der Waals surface area contributed by atoms with E-state index in [2.05, 4.69) is 5.32 Å². The van der Waals surface area contributed by atoms with Crippen molar-refractivity contribution in [3.8, 4) is 11.3 Å². The first-order valence-corrected chi connectivity index (χ1v) is 9.06. The monoisotopic (exact) mass is 347 g/mol. The van der Waals surface area contributed by atoms with Gasteiger partial charge in [0.1, 0.15) is 11.3 Å². The van der Waals surface area contributed by atoms with Crippen LogP contribution in [0.4, 0.5) is 0 Å². The Morgan fingerprint density at radius 1 is 1.04 bits per heavy atom. The molecule has 1 aliphatic carbocycles. The number of benzene rings is 2. The zero-order valence-corrected chi connectivity index (χ0v) is 14.7. The second-order valence-electron chi connectivity index (χ2n) is 7.01. The average molecular weight is 347 g/mol. The number of fused-ring (bicyclic) bond motifs is 1. The van der Waals surface area contributed by atoms with Gasteiger partial charge < -0.3 is 9.73 Å². The van der Waals surface area contributed by atoms with Crippen molar-refractivity contribution < 1.29 is 9.21 Å². The van der Waals surface area contributed by atoms with E-state index in [0.29, 0.717) is 28.3 Å². The number of carbonyl (C=O) groups excluding carboxylic acids is 1. The third-order valence-electron chi connectivity index (χ3n) is 5.00. The highest BCUT2D eigenvalue weighted by Gasteiger charge is 2.18. The first-order valence-electron chi connectivity index (χ1n) is 9.06. The number of rotatable bonds is 3. The van der Waals surface area contributed by atoms with Gasteiger partial charge >= 0.3 is 0 Å². The maximum Gasteiger partial charge on any atom is 0.251 e. The molecule has 1 saturated carbocycles. The van der Waals surface area contributed by atoms with Crippen LogP contribution in [0.5, 0.6) is 0 Å². The minimum absolute atomic E-state index is 0.0427. The summed E-state index contributed by atoms with van der Waals surface area (Å²) in [5.41, 5.74) is 2.94. The summed E-state index contributed by atoms with van der Waals surface area (Å²) in [5.74, 6) is 0.466. The van der Waals surface area contributed by atoms with Crippen molar-refractivity contribution in [3.05, 3.63) is 69.9 Å². The highest BCUT2D eigenvalue weighted by molar-refractivity contribution is 5.94. The number of hydrogen-bond acceptors (Lipinski definition) is 3. The Hall–Kier alpha value is -2.88. The SMILES string of the molecule is Cc1ccc2oc(-c3ccc(C(=O)NC4CCCC4)cc3)cc(=O)c2c1. The van der Waals surface area contributed by atoms with Crippen LogP contribution in [-0.4, -0.2) is 11.9 Å². The van der Waals surface area contributed by atoms with Crippen LogP contribution in [0.15, 0.2) is 57.7 Å². The standard InChI is InChI=1S/C22H21NO3/c1-14-6-11-20-18(12-14)19(24)13-21(26-20)15-7-9-16(10-8-15)22(25)23-17-4-2-3-5-17/h6-13,17H,2-5H2,1H3,(H,23,25). The Bertz CT molecular complexity index is 1010. The molecule has 0 atom stereocenters. The van der Waals surface area contributed by atoms with Crippen molar-refractivity contribution in [1.82, 2.24) is 5.32 Å². The van der Waals surface area contributed by atoms with E-state index in [4.69, 9.17) is 4.42 Å². The van der Waals surface area contributed by atoms with Crippen molar-refractivity contribution in [1.29, 1.82) is 0 Å². The lowest BCUT2D eigenvalue weighted by atomic mass is 10.1. The fourth-order valence-corrected chi connectivity index (χ4v) is 3.54. The zero-order valence-electron chi connectivity index (χ0n) is 14.7. The predicted molar refractivity (Wildman–Crippen MR) is 102 cm³/mol. The summed E-state index contributed by atoms with van der Waals surface area (Å²) in [5, 5.41) is 3.67. The highest BCUT2D eigenvalue weighted by Crippen LogP contribution is 2.23. The molecule has 1 fully saturated rings. The van der Waals surface area contributed by atoms with Gasteiger partial charge in [0.15, 0.2) is 5.43 Å². The topological polar surface area (TPSA) is 59.3 Å². The second kappa shape index (κ2) is 6.79. The zero-order chi connectivity index (χ0) is 18.1. The van der Waals surface area contributed by atoms with E-state index in [0.717, 1.165) is 24.0 Å². The number of carbonyl (C=O) groups is 1. The van der Waals surface area contributed by atoms with Gasteiger partial charge in [0.05, 0.1) is 5.39 Å². The van der Waals surface area contributed by atoms with Crippen LogP contribution in [0.25, 0.3) is 22.3 Å². The van der Waals surface area contributed by atoms with Crippen molar-refractivity contribution in [2.45, 2.75) is 38.6 Å². The van der Waals surface area contributed by atoms with Gasteiger partial charge in [0.2, 0.25) is 0 Å². The van der Waals surface area contributed by atoms with Gasteiger partial charge in [-0.15, -0.1) is 0 Å². The van der Waals surface area contributed by atoms with Crippen LogP contribution >= 0.6 is 0 Å². The molecule has 132 valence electrons. The molecule has 2 aromatic carbocycles. The number of nitrogens with one attached hydrogen (secondary N) is 1. The minimum Gasteiger partial charge on any atom is -0.456 e. The molecule has 4 heteroatoms. The Labute approximate surface area is 151 Å². The highest BCUT2D eigenvalue weighted by atomic mass is 16.3. The maximum atomic E-state index is 12.4. The lowest BCUT2D eigenvalue weighted by molar-refractivity contribution is 0.0938. The molecule has 1 amide bonds. The lowest BCUT2D eigenvalue weighted by Gasteiger charge is -2.12. The Kier molecular flexibility index (Phi) is 4.33. The van der Waals surface area contributed by atoms with E-state index in [1.54, 1.807) is 12.1 Å². The molecule has 4 rings (SSSR count). The van der Waals surface area contributed by atoms with E-state index in [9.17, 15) is 9.59 Å². The fraction of sp³-hybridized carbons (Fsp3) is 0.273. The molecule has 0 unspecified atom stereocenters. The van der Waals surface area contributed by atoms with Crippen LogP contribution in [0.2, 0.25) is 0 Å². The van der Waals surface area contributed by atoms with Crippen molar-refractivity contribution >= 4 is 16.9 Å². The smallest absolute Gasteiger partial charge is 0.251 e. The van der Waals surface area contributed by atoms with Crippen LogP contribution < -0.4 is 10.7 Å². The first-order chi connectivity index (χ1) is 12.6. The number of hydrogen-bond donors (Lipinski definition) is 1. The van der Waals surface area contributed by atoms with Crippen LogP contribution in [-0.2, 0) is 0 Å². The van der Waals surface area contributed by atoms with Crippen molar-refractivity contribution in [2.75, 3.05) is 0 Å². The quantitative estimate of drug-likeness (QED) is 0.762. The maximum absolute atomic E-state index is 12.4. The Morgan fingerprint density at radius 3 is 2.50 bits per heavy atom. The lowest BCUT2D eigenvalue weighted by Crippen LogP contribution is -2.32. The molecule has 1 aromatic heterocycles. The van der Waals surface area contributed by atoms with Gasteiger partial charge in [-0.3, -0.25) is 9.59 Å². The normalized spacial score (nSPS) is 14.7. The average Bonchev–Trinajstić information content (AvgIpc) is 3.15. The summed E-state index contributed by atoms with van der Waals surface area (Å²) in [4.78, 5) is 24.7. The molecule has 0 spiro atoms. The summed E-state index contributed by atoms with van der Waals surface area (Å²) in [7, 11) is 0. The molecule has 26 heavy (non-hydrogen) atoms. The van der Waals surface area contributed by atoms with E-state index in [1.807, 2.05) is 37.3 Å². The van der Waals surface area contributed by atoms with Gasteiger partial charge in [-0.25, -0.2) is 0 Å². The summed E-state index contributed by atoms with van der Waals surface area (Å²) >= 11 is 0. The van der Waals surface area contributed by atoms with E-state index < -0.39 is 0 Å². The predicted octanol–water partition coefficient (Wildman–Crippen LogP) is 4.44. The molecular weight excluding hydrogens is 326 g/mol. The second-order valence-corrected chi connectivity index (χ2v) is 7.01. The van der Waals surface area contributed by atoms with E-state index in [1.165, 1.54) is 18.9 Å². The molecule has 0 bridgehead atoms. The van der Waals surface area contributed by atoms with E-state index in [-0.39, 0.29) is 11.3 Å². The fourth-order valence-electron chi connectivity index (χ4n) is 3.54. The molecule has 4 nitrogen and oxygen atoms in total. The molecule has 0 radical (unpaired) electrons.